The fourth-order valence-electron chi connectivity index (χ4n) is 2.62. The number of phosphoric ester groups is 1. The van der Waals surface area contributed by atoms with E-state index in [4.69, 9.17) is 25.2 Å². The number of aliphatic hydroxyl groups is 2. The molecule has 0 radical (unpaired) electrons. The van der Waals surface area contributed by atoms with Crippen molar-refractivity contribution in [1.82, 2.24) is 19.5 Å². The van der Waals surface area contributed by atoms with Crippen LogP contribution in [-0.2, 0) is 31.6 Å². The Morgan fingerprint density at radius 1 is 1.06 bits per heavy atom. The summed E-state index contributed by atoms with van der Waals surface area (Å²) in [5, 5.41) is 20.4. The van der Waals surface area contributed by atoms with E-state index >= 15 is 0 Å². The van der Waals surface area contributed by atoms with E-state index in [1.807, 2.05) is 0 Å². The third-order valence-electron chi connectivity index (χ3n) is 3.82. The van der Waals surface area contributed by atoms with Crippen LogP contribution in [0.2, 0.25) is 0 Å². The normalized spacial score (nSPS) is 27.6. The van der Waals surface area contributed by atoms with Gasteiger partial charge in [0.1, 0.15) is 30.2 Å². The number of anilines is 1. The molecule has 32 heavy (non-hydrogen) atoms. The van der Waals surface area contributed by atoms with Gasteiger partial charge in [-0.25, -0.2) is 28.6 Å². The van der Waals surface area contributed by atoms with Gasteiger partial charge < -0.3 is 41.7 Å². The summed E-state index contributed by atoms with van der Waals surface area (Å²) in [5.74, 6) is 0.0426. The van der Waals surface area contributed by atoms with Crippen molar-refractivity contribution in [2.75, 3.05) is 12.3 Å². The van der Waals surface area contributed by atoms with Crippen LogP contribution in [0.1, 0.15) is 7.65 Å². The third kappa shape index (κ3) is 6.91. The quantitative estimate of drug-likeness (QED) is 0.121. The monoisotopic (exact) mass is 547 g/mol. The van der Waals surface area contributed by atoms with Gasteiger partial charge in [0.15, 0.2) is 17.7 Å². The largest absolute Gasteiger partial charge is 1.00 e. The summed E-state index contributed by atoms with van der Waals surface area (Å²) in [6, 6.07) is 0. The molecule has 0 aromatic carbocycles. The first-order valence-corrected chi connectivity index (χ1v) is 12.4. The SMILES string of the molecule is Nc1ncnc2c1ncn2[C@@H]1O[C@H](COP(=O)(O)OP(=O)(O)OP(=O)(O)O)[C@@H](O)[C@H]1O.[H-].[K+]. The molecule has 3 heterocycles. The van der Waals surface area contributed by atoms with Gasteiger partial charge in [-0.15, -0.1) is 0 Å². The Kier molecular flexibility index (Phi) is 9.35. The van der Waals surface area contributed by atoms with Crippen LogP contribution in [0.4, 0.5) is 5.82 Å². The van der Waals surface area contributed by atoms with E-state index < -0.39 is 54.6 Å². The Labute approximate surface area is 222 Å². The molecule has 2 aromatic heterocycles. The number of hydrogen-bond acceptors (Lipinski definition) is 13. The van der Waals surface area contributed by atoms with Crippen LogP contribution < -0.4 is 57.1 Å². The minimum atomic E-state index is -5.70. The number of fused-ring (bicyclic) bond motifs is 1. The molecule has 1 fully saturated rings. The van der Waals surface area contributed by atoms with Crippen LogP contribution in [0.15, 0.2) is 12.7 Å². The Morgan fingerprint density at radius 2 is 1.72 bits per heavy atom. The van der Waals surface area contributed by atoms with E-state index in [2.05, 4.69) is 28.1 Å². The Balaban J connectivity index is 0.00000272. The summed E-state index contributed by atoms with van der Waals surface area (Å²) in [6.45, 7) is -0.956. The van der Waals surface area contributed by atoms with Gasteiger partial charge in [0, 0.05) is 0 Å². The van der Waals surface area contributed by atoms with Crippen LogP contribution in [0.5, 0.6) is 0 Å². The average molecular weight is 547 g/mol. The van der Waals surface area contributed by atoms with Gasteiger partial charge in [-0.3, -0.25) is 9.09 Å². The number of nitrogens with zero attached hydrogens (tertiary/aromatic N) is 4. The third-order valence-corrected chi connectivity index (χ3v) is 7.62. The van der Waals surface area contributed by atoms with Gasteiger partial charge in [-0.2, -0.15) is 8.62 Å². The van der Waals surface area contributed by atoms with Crippen molar-refractivity contribution in [2.45, 2.75) is 24.5 Å². The predicted molar refractivity (Wildman–Crippen MR) is 96.6 cm³/mol. The summed E-state index contributed by atoms with van der Waals surface area (Å²) in [7, 11) is -16.7. The molecule has 1 saturated heterocycles. The Hall–Kier alpha value is 0.276. The number of nitrogen functional groups attached to an aromatic ring is 1. The molecule has 18 nitrogen and oxygen atoms in total. The molecule has 176 valence electrons. The summed E-state index contributed by atoms with van der Waals surface area (Å²) >= 11 is 0. The predicted octanol–water partition coefficient (Wildman–Crippen LogP) is -4.51. The van der Waals surface area contributed by atoms with Crippen molar-refractivity contribution in [3.8, 4) is 0 Å². The zero-order chi connectivity index (χ0) is 23.2. The molecule has 0 aliphatic carbocycles. The van der Waals surface area contributed by atoms with Crippen molar-refractivity contribution in [2.24, 2.45) is 0 Å². The van der Waals surface area contributed by atoms with Gasteiger partial charge in [-0.1, -0.05) is 0 Å². The second-order valence-electron chi connectivity index (χ2n) is 6.02. The summed E-state index contributed by atoms with van der Waals surface area (Å²) in [6.07, 6.45) is -3.69. The Bertz CT molecular complexity index is 1120. The number of ether oxygens (including phenoxy) is 1. The molecule has 1 aliphatic heterocycles. The van der Waals surface area contributed by atoms with E-state index in [-0.39, 0.29) is 69.8 Å². The van der Waals surface area contributed by atoms with Crippen molar-refractivity contribution in [3.05, 3.63) is 12.7 Å². The van der Waals surface area contributed by atoms with Crippen molar-refractivity contribution in [1.29, 1.82) is 0 Å². The maximum Gasteiger partial charge on any atom is 1.00 e. The van der Waals surface area contributed by atoms with Crippen LogP contribution >= 0.6 is 23.5 Å². The fourth-order valence-corrected chi connectivity index (χ4v) is 5.65. The van der Waals surface area contributed by atoms with Crippen LogP contribution in [0, 0.1) is 0 Å². The number of nitrogens with two attached hydrogens (primary N) is 1. The van der Waals surface area contributed by atoms with E-state index in [0.29, 0.717) is 0 Å². The molecule has 0 spiro atoms. The van der Waals surface area contributed by atoms with Crippen molar-refractivity contribution >= 4 is 40.4 Å². The number of rotatable bonds is 8. The van der Waals surface area contributed by atoms with Crippen molar-refractivity contribution < 1.29 is 114 Å². The van der Waals surface area contributed by atoms with E-state index in [1.54, 1.807) is 0 Å². The maximum atomic E-state index is 11.8. The maximum absolute atomic E-state index is 11.8. The topological polar surface area (TPSA) is 279 Å². The standard InChI is InChI=1S/C10H16N5O13P3.K.H/c11-8-5-9(13-2-12-8)15(3-14-5)10-7(17)6(16)4(26-10)1-25-30(21,22)28-31(23,24)27-29(18,19)20;;/h2-4,6-7,10,16-17H,1H2,(H,21,22)(H,23,24)(H2,11,12,13)(H2,18,19,20);;/q;+1;-1/t4-,6-,7-,10-;;/m1../s1. The van der Waals surface area contributed by atoms with Crippen LogP contribution in [0.25, 0.3) is 11.2 Å². The molecule has 8 N–H and O–H groups in total. The summed E-state index contributed by atoms with van der Waals surface area (Å²) in [4.78, 5) is 47.2. The summed E-state index contributed by atoms with van der Waals surface area (Å²) in [5.41, 5.74) is 6.00. The molecule has 22 heteroatoms. The number of hydrogen-bond donors (Lipinski definition) is 7. The first-order valence-electron chi connectivity index (χ1n) is 7.92. The second kappa shape index (κ2) is 10.5. The number of aromatic nitrogens is 4. The van der Waals surface area contributed by atoms with Gasteiger partial charge >= 0.3 is 74.9 Å². The van der Waals surface area contributed by atoms with Crippen molar-refractivity contribution in [3.63, 3.8) is 0 Å². The molecule has 2 aromatic rings. The first-order chi connectivity index (χ1) is 14.2. The molecule has 0 bridgehead atoms. The number of aliphatic hydroxyl groups excluding tert-OH is 2. The van der Waals surface area contributed by atoms with E-state index in [0.717, 1.165) is 6.33 Å². The number of imidazole rings is 1. The minimum absolute atomic E-state index is 0. The molecular weight excluding hydrogens is 530 g/mol. The zero-order valence-corrected chi connectivity index (χ0v) is 21.7. The van der Waals surface area contributed by atoms with E-state index in [9.17, 15) is 28.8 Å². The molecule has 0 saturated carbocycles. The molecule has 1 aliphatic rings. The van der Waals surface area contributed by atoms with Crippen LogP contribution in [-0.4, -0.2) is 74.2 Å². The Morgan fingerprint density at radius 3 is 2.34 bits per heavy atom. The molecule has 6 atom stereocenters. The van der Waals surface area contributed by atoms with Crippen LogP contribution in [0.3, 0.4) is 0 Å². The molecular formula is C10H17KN5O13P3. The first kappa shape index (κ1) is 28.5. The van der Waals surface area contributed by atoms with Gasteiger partial charge in [0.25, 0.3) is 0 Å². The molecule has 0 amide bonds. The molecule has 2 unspecified atom stereocenters. The summed E-state index contributed by atoms with van der Waals surface area (Å²) < 4.78 is 51.9. The molecule has 3 rings (SSSR count). The fraction of sp³-hybridized carbons (Fsp3) is 0.500. The van der Waals surface area contributed by atoms with E-state index in [1.165, 1.54) is 10.9 Å². The smallest absolute Gasteiger partial charge is 1.00 e. The minimum Gasteiger partial charge on any atom is -1.00 e. The van der Waals surface area contributed by atoms with Gasteiger partial charge in [0.2, 0.25) is 0 Å². The zero-order valence-electron chi connectivity index (χ0n) is 16.9. The average Bonchev–Trinajstić information content (AvgIpc) is 3.13. The van der Waals surface area contributed by atoms with Gasteiger partial charge in [-0.05, 0) is 0 Å². The second-order valence-corrected chi connectivity index (χ2v) is 10.4. The van der Waals surface area contributed by atoms with Gasteiger partial charge in [0.05, 0.1) is 12.9 Å². The number of phosphoric acid groups is 3.